The maximum atomic E-state index is 14.1. The molecule has 0 spiro atoms. The van der Waals surface area contributed by atoms with E-state index in [0.29, 0.717) is 54.7 Å². The molecular formula is C29H33N3O7S. The van der Waals surface area contributed by atoms with Crippen LogP contribution in [0.1, 0.15) is 21.3 Å². The van der Waals surface area contributed by atoms with E-state index < -0.39 is 6.04 Å². The normalized spacial score (nSPS) is 18.9. The number of hydrogen-bond donors (Lipinski definition) is 0. The number of furan rings is 1. The second-order valence-corrected chi connectivity index (χ2v) is 10.5. The maximum Gasteiger partial charge on any atom is 0.256 e. The molecule has 2 aliphatic rings. The van der Waals surface area contributed by atoms with Crippen LogP contribution in [-0.4, -0.2) is 88.0 Å². The quantitative estimate of drug-likeness (QED) is 0.402. The van der Waals surface area contributed by atoms with Crippen molar-refractivity contribution in [3.05, 3.63) is 66.1 Å². The van der Waals surface area contributed by atoms with Crippen LogP contribution in [0.5, 0.6) is 23.0 Å². The summed E-state index contributed by atoms with van der Waals surface area (Å²) in [6, 6.07) is 12.3. The number of amides is 2. The Kier molecular flexibility index (Phi) is 8.29. The summed E-state index contributed by atoms with van der Waals surface area (Å²) in [5.41, 5.74) is 2.17. The largest absolute Gasteiger partial charge is 0.495 e. The van der Waals surface area contributed by atoms with Gasteiger partial charge in [0.05, 0.1) is 46.7 Å². The van der Waals surface area contributed by atoms with Crippen LogP contribution in [0.3, 0.4) is 0 Å². The number of benzene rings is 2. The molecule has 0 bridgehead atoms. The topological polar surface area (TPSA) is 93.9 Å². The minimum absolute atomic E-state index is 0.0704. The van der Waals surface area contributed by atoms with E-state index in [-0.39, 0.29) is 17.2 Å². The Hall–Kier alpha value is -3.99. The van der Waals surface area contributed by atoms with Crippen LogP contribution in [0.15, 0.2) is 59.4 Å². The third kappa shape index (κ3) is 5.13. The van der Waals surface area contributed by atoms with Crippen LogP contribution in [0.25, 0.3) is 0 Å². The molecule has 2 aliphatic heterocycles. The molecular weight excluding hydrogens is 534 g/mol. The van der Waals surface area contributed by atoms with Crippen LogP contribution in [0.4, 0.5) is 5.69 Å². The van der Waals surface area contributed by atoms with Crippen molar-refractivity contribution in [3.63, 3.8) is 0 Å². The molecule has 40 heavy (non-hydrogen) atoms. The third-order valence-corrected chi connectivity index (χ3v) is 8.60. The van der Waals surface area contributed by atoms with Gasteiger partial charge in [0.15, 0.2) is 11.5 Å². The molecule has 2 saturated heterocycles. The van der Waals surface area contributed by atoms with Crippen LogP contribution in [-0.2, 0) is 4.79 Å². The molecule has 0 aliphatic carbocycles. The number of anilines is 1. The van der Waals surface area contributed by atoms with Crippen LogP contribution in [0.2, 0.25) is 0 Å². The van der Waals surface area contributed by atoms with Crippen molar-refractivity contribution in [2.75, 3.05) is 65.3 Å². The highest BCUT2D eigenvalue weighted by molar-refractivity contribution is 7.99. The van der Waals surface area contributed by atoms with E-state index in [9.17, 15) is 9.59 Å². The van der Waals surface area contributed by atoms with Gasteiger partial charge in [0, 0.05) is 43.1 Å². The molecule has 2 amide bonds. The summed E-state index contributed by atoms with van der Waals surface area (Å²) in [6.07, 6.45) is 3.19. The molecule has 2 aromatic carbocycles. The first-order chi connectivity index (χ1) is 19.5. The molecule has 3 aromatic rings. The standard InChI is InChI=1S/C29H33N3O7S/c1-35-23-8-6-5-7-21(23)30-10-12-31(13-11-30)28(34)22-18-40-29(19-9-14-39-17-19)32(22)27(33)20-15-24(36-2)26(38-4)25(16-20)37-3/h5-9,14-17,22,29H,10-13,18H2,1-4H3. The Morgan fingerprint density at radius 1 is 0.875 bits per heavy atom. The first-order valence-corrected chi connectivity index (χ1v) is 14.0. The van der Waals surface area contributed by atoms with Gasteiger partial charge in [-0.3, -0.25) is 9.59 Å². The Bertz CT molecular complexity index is 1320. The summed E-state index contributed by atoms with van der Waals surface area (Å²) in [6.45, 7) is 2.41. The van der Waals surface area contributed by atoms with Crippen LogP contribution >= 0.6 is 11.8 Å². The molecule has 0 N–H and O–H groups in total. The number of rotatable bonds is 8. The van der Waals surface area contributed by atoms with Gasteiger partial charge in [-0.1, -0.05) is 12.1 Å². The highest BCUT2D eigenvalue weighted by atomic mass is 32.2. The van der Waals surface area contributed by atoms with Gasteiger partial charge in [0.2, 0.25) is 11.7 Å². The molecule has 2 fully saturated rings. The van der Waals surface area contributed by atoms with Crippen molar-refractivity contribution >= 4 is 29.3 Å². The van der Waals surface area contributed by atoms with Gasteiger partial charge in [-0.25, -0.2) is 0 Å². The highest BCUT2D eigenvalue weighted by Gasteiger charge is 2.45. The molecule has 2 unspecified atom stereocenters. The average molecular weight is 568 g/mol. The first kappa shape index (κ1) is 27.6. The van der Waals surface area contributed by atoms with E-state index in [4.69, 9.17) is 23.4 Å². The van der Waals surface area contributed by atoms with E-state index >= 15 is 0 Å². The van der Waals surface area contributed by atoms with Gasteiger partial charge < -0.3 is 38.1 Å². The fourth-order valence-corrected chi connectivity index (χ4v) is 6.64. The summed E-state index contributed by atoms with van der Waals surface area (Å²) in [7, 11) is 6.17. The van der Waals surface area contributed by atoms with E-state index in [0.717, 1.165) is 17.0 Å². The van der Waals surface area contributed by atoms with Gasteiger partial charge in [0.1, 0.15) is 17.2 Å². The predicted octanol–water partition coefficient (Wildman–Crippen LogP) is 3.92. The third-order valence-electron chi connectivity index (χ3n) is 7.28. The SMILES string of the molecule is COc1ccccc1N1CCN(C(=O)C2CSC(c3ccoc3)N2C(=O)c2cc(OC)c(OC)c(OC)c2)CC1. The van der Waals surface area contributed by atoms with Gasteiger partial charge in [0.25, 0.3) is 5.91 Å². The van der Waals surface area contributed by atoms with E-state index in [1.165, 1.54) is 21.3 Å². The van der Waals surface area contributed by atoms with Crippen LogP contribution in [0, 0.1) is 0 Å². The monoisotopic (exact) mass is 567 g/mol. The molecule has 212 valence electrons. The number of carbonyl (C=O) groups is 2. The summed E-state index contributed by atoms with van der Waals surface area (Å²) < 4.78 is 27.2. The Morgan fingerprint density at radius 2 is 1.55 bits per heavy atom. The summed E-state index contributed by atoms with van der Waals surface area (Å²) in [4.78, 5) is 33.8. The number of methoxy groups -OCH3 is 4. The van der Waals surface area contributed by atoms with E-state index in [2.05, 4.69) is 4.90 Å². The maximum absolute atomic E-state index is 14.1. The van der Waals surface area contributed by atoms with E-state index in [1.54, 1.807) is 48.4 Å². The summed E-state index contributed by atoms with van der Waals surface area (Å²) in [5.74, 6) is 2.03. The van der Waals surface area contributed by atoms with Gasteiger partial charge in [-0.2, -0.15) is 0 Å². The Balaban J connectivity index is 1.40. The number of para-hydroxylation sites is 2. The lowest BCUT2D eigenvalue weighted by Gasteiger charge is -2.39. The van der Waals surface area contributed by atoms with Gasteiger partial charge in [-0.15, -0.1) is 11.8 Å². The first-order valence-electron chi connectivity index (χ1n) is 12.9. The molecule has 5 rings (SSSR count). The molecule has 3 heterocycles. The Labute approximate surface area is 237 Å². The molecule has 1 aromatic heterocycles. The van der Waals surface area contributed by atoms with Crippen LogP contribution < -0.4 is 23.8 Å². The second-order valence-electron chi connectivity index (χ2n) is 9.37. The number of nitrogens with zero attached hydrogens (tertiary/aromatic N) is 3. The average Bonchev–Trinajstić information content (AvgIpc) is 3.70. The lowest BCUT2D eigenvalue weighted by Crippen LogP contribution is -2.55. The van der Waals surface area contributed by atoms with Gasteiger partial charge >= 0.3 is 0 Å². The summed E-state index contributed by atoms with van der Waals surface area (Å²) in [5, 5.41) is -0.380. The second kappa shape index (κ2) is 12.0. The molecule has 11 heteroatoms. The number of hydrogen-bond acceptors (Lipinski definition) is 9. The zero-order valence-electron chi connectivity index (χ0n) is 23.0. The fourth-order valence-electron chi connectivity index (χ4n) is 5.24. The predicted molar refractivity (Wildman–Crippen MR) is 152 cm³/mol. The van der Waals surface area contributed by atoms with Crippen molar-refractivity contribution < 1.29 is 33.0 Å². The van der Waals surface area contributed by atoms with Crippen molar-refractivity contribution in [2.24, 2.45) is 0 Å². The van der Waals surface area contributed by atoms with Crippen molar-refractivity contribution in [3.8, 4) is 23.0 Å². The number of piperazine rings is 1. The van der Waals surface area contributed by atoms with Crippen molar-refractivity contribution in [1.82, 2.24) is 9.80 Å². The number of thioether (sulfide) groups is 1. The van der Waals surface area contributed by atoms with E-state index in [1.807, 2.05) is 35.2 Å². The van der Waals surface area contributed by atoms with Crippen molar-refractivity contribution in [2.45, 2.75) is 11.4 Å². The van der Waals surface area contributed by atoms with Gasteiger partial charge in [-0.05, 0) is 30.3 Å². The Morgan fingerprint density at radius 3 is 2.15 bits per heavy atom. The minimum atomic E-state index is -0.644. The molecule has 10 nitrogen and oxygen atoms in total. The smallest absolute Gasteiger partial charge is 0.256 e. The van der Waals surface area contributed by atoms with Crippen molar-refractivity contribution in [1.29, 1.82) is 0 Å². The number of carbonyl (C=O) groups excluding carboxylic acids is 2. The molecule has 2 atom stereocenters. The summed E-state index contributed by atoms with van der Waals surface area (Å²) >= 11 is 1.54. The zero-order valence-corrected chi connectivity index (χ0v) is 23.8. The minimum Gasteiger partial charge on any atom is -0.495 e. The molecule has 0 saturated carbocycles. The fraction of sp³-hybridized carbons (Fsp3) is 0.379. The lowest BCUT2D eigenvalue weighted by molar-refractivity contribution is -0.135. The highest BCUT2D eigenvalue weighted by Crippen LogP contribution is 2.45. The number of ether oxygens (including phenoxy) is 4. The lowest BCUT2D eigenvalue weighted by atomic mass is 10.1. The molecule has 0 radical (unpaired) electrons. The zero-order chi connectivity index (χ0) is 28.2.